The monoisotopic (exact) mass is 368 g/mol. The van der Waals surface area contributed by atoms with E-state index in [0.29, 0.717) is 5.82 Å². The fraction of sp³-hybridized carbons (Fsp3) is 0.0909. The molecule has 0 aliphatic rings. The highest BCUT2D eigenvalue weighted by Crippen LogP contribution is 2.20. The summed E-state index contributed by atoms with van der Waals surface area (Å²) in [7, 11) is -3.57. The minimum Gasteiger partial charge on any atom is -0.368 e. The van der Waals surface area contributed by atoms with E-state index in [2.05, 4.69) is 36.0 Å². The van der Waals surface area contributed by atoms with Crippen molar-refractivity contribution in [2.45, 2.75) is 5.16 Å². The van der Waals surface area contributed by atoms with Gasteiger partial charge in [0.05, 0.1) is 0 Å². The number of benzene rings is 1. The summed E-state index contributed by atoms with van der Waals surface area (Å²) >= 11 is 3.34. The molecule has 0 bridgehead atoms. The molecular weight excluding hydrogens is 360 g/mol. The molecule has 1 aromatic carbocycles. The summed E-state index contributed by atoms with van der Waals surface area (Å²) in [5.74, 6) is 0.381. The standard InChI is InChI=1S/C11H9BrN6O2S/c1-21(19,20)11-15-9(13)18-10(16-11)14-8(17-18)6-2-4-7(12)5-3-6/h2-5H,1H3,(H2,13,14,15,16,17). The lowest BCUT2D eigenvalue weighted by molar-refractivity contribution is 0.592. The van der Waals surface area contributed by atoms with E-state index >= 15 is 0 Å². The highest BCUT2D eigenvalue weighted by atomic mass is 79.9. The van der Waals surface area contributed by atoms with Crippen LogP contribution in [0, 0.1) is 0 Å². The van der Waals surface area contributed by atoms with Crippen LogP contribution in [0.4, 0.5) is 5.95 Å². The second kappa shape index (κ2) is 4.74. The van der Waals surface area contributed by atoms with Crippen LogP contribution in [-0.2, 0) is 9.84 Å². The Morgan fingerprint density at radius 1 is 1.14 bits per heavy atom. The number of nitrogens with zero attached hydrogens (tertiary/aromatic N) is 5. The van der Waals surface area contributed by atoms with E-state index in [1.807, 2.05) is 24.3 Å². The first-order chi connectivity index (χ1) is 9.84. The Morgan fingerprint density at radius 3 is 2.43 bits per heavy atom. The van der Waals surface area contributed by atoms with Crippen molar-refractivity contribution >= 4 is 37.5 Å². The van der Waals surface area contributed by atoms with Gasteiger partial charge in [0.2, 0.25) is 15.8 Å². The Bertz CT molecular complexity index is 935. The van der Waals surface area contributed by atoms with Gasteiger partial charge in [0, 0.05) is 16.3 Å². The number of fused-ring (bicyclic) bond motifs is 1. The molecule has 0 aliphatic carbocycles. The Morgan fingerprint density at radius 2 is 1.81 bits per heavy atom. The van der Waals surface area contributed by atoms with Crippen LogP contribution >= 0.6 is 15.9 Å². The average molecular weight is 369 g/mol. The van der Waals surface area contributed by atoms with E-state index in [0.717, 1.165) is 16.3 Å². The maximum Gasteiger partial charge on any atom is 0.258 e. The van der Waals surface area contributed by atoms with Crippen LogP contribution < -0.4 is 5.73 Å². The average Bonchev–Trinajstić information content (AvgIpc) is 2.83. The highest BCUT2D eigenvalue weighted by molar-refractivity contribution is 9.10. The zero-order valence-electron chi connectivity index (χ0n) is 10.7. The number of hydrogen-bond donors (Lipinski definition) is 1. The minimum absolute atomic E-state index is 0.0841. The quantitative estimate of drug-likeness (QED) is 0.714. The largest absolute Gasteiger partial charge is 0.368 e. The highest BCUT2D eigenvalue weighted by Gasteiger charge is 2.17. The zero-order chi connectivity index (χ0) is 15.2. The smallest absolute Gasteiger partial charge is 0.258 e. The molecule has 0 fully saturated rings. The van der Waals surface area contributed by atoms with Crippen molar-refractivity contribution in [2.24, 2.45) is 0 Å². The van der Waals surface area contributed by atoms with Crippen molar-refractivity contribution in [1.29, 1.82) is 0 Å². The van der Waals surface area contributed by atoms with Crippen LogP contribution in [0.3, 0.4) is 0 Å². The van der Waals surface area contributed by atoms with Gasteiger partial charge in [-0.05, 0) is 12.1 Å². The lowest BCUT2D eigenvalue weighted by Gasteiger charge is -1.99. The number of anilines is 1. The van der Waals surface area contributed by atoms with Crippen LogP contribution in [0.5, 0.6) is 0 Å². The number of nitrogens with two attached hydrogens (primary N) is 1. The molecule has 108 valence electrons. The van der Waals surface area contributed by atoms with Gasteiger partial charge in [-0.1, -0.05) is 28.1 Å². The van der Waals surface area contributed by atoms with E-state index in [4.69, 9.17) is 5.73 Å². The van der Waals surface area contributed by atoms with Crippen LogP contribution in [0.2, 0.25) is 0 Å². The number of rotatable bonds is 2. The second-order valence-corrected chi connectivity index (χ2v) is 7.12. The number of sulfone groups is 1. The molecule has 0 saturated carbocycles. The van der Waals surface area contributed by atoms with Crippen LogP contribution in [0.1, 0.15) is 0 Å². The Balaban J connectivity index is 2.20. The van der Waals surface area contributed by atoms with Crippen LogP contribution in [0.25, 0.3) is 17.2 Å². The maximum absolute atomic E-state index is 11.5. The molecule has 21 heavy (non-hydrogen) atoms. The predicted octanol–water partition coefficient (Wildman–Crippen LogP) is 0.934. The van der Waals surface area contributed by atoms with E-state index < -0.39 is 9.84 Å². The number of aromatic nitrogens is 5. The van der Waals surface area contributed by atoms with Gasteiger partial charge in [-0.25, -0.2) is 8.42 Å². The molecule has 2 heterocycles. The molecule has 0 radical (unpaired) electrons. The molecule has 3 aromatic rings. The van der Waals surface area contributed by atoms with Crippen molar-refractivity contribution in [3.63, 3.8) is 0 Å². The number of hydrogen-bond acceptors (Lipinski definition) is 7. The lowest BCUT2D eigenvalue weighted by Crippen LogP contribution is -2.11. The normalized spacial score (nSPS) is 11.9. The molecule has 0 saturated heterocycles. The number of nitrogen functional groups attached to an aromatic ring is 1. The third-order valence-electron chi connectivity index (χ3n) is 2.65. The van der Waals surface area contributed by atoms with Gasteiger partial charge in [0.25, 0.3) is 10.9 Å². The first-order valence-corrected chi connectivity index (χ1v) is 8.39. The van der Waals surface area contributed by atoms with Gasteiger partial charge < -0.3 is 5.73 Å². The van der Waals surface area contributed by atoms with E-state index in [-0.39, 0.29) is 16.9 Å². The molecule has 2 N–H and O–H groups in total. The second-order valence-electron chi connectivity index (χ2n) is 4.29. The summed E-state index contributed by atoms with van der Waals surface area (Å²) < 4.78 is 25.1. The van der Waals surface area contributed by atoms with E-state index in [1.54, 1.807) is 0 Å². The Kier molecular flexibility index (Phi) is 3.14. The van der Waals surface area contributed by atoms with Crippen molar-refractivity contribution in [1.82, 2.24) is 24.6 Å². The summed E-state index contributed by atoms with van der Waals surface area (Å²) in [6.45, 7) is 0. The SMILES string of the molecule is CS(=O)(=O)c1nc(N)n2nc(-c3ccc(Br)cc3)nc2n1. The summed E-state index contributed by atoms with van der Waals surface area (Å²) in [5, 5.41) is 3.81. The fourth-order valence-corrected chi connectivity index (χ4v) is 2.44. The van der Waals surface area contributed by atoms with Crippen LogP contribution in [0.15, 0.2) is 33.9 Å². The Labute approximate surface area is 128 Å². The fourth-order valence-electron chi connectivity index (χ4n) is 1.67. The first kappa shape index (κ1) is 13.9. The van der Waals surface area contributed by atoms with Crippen molar-refractivity contribution in [2.75, 3.05) is 12.0 Å². The van der Waals surface area contributed by atoms with Gasteiger partial charge in [0.15, 0.2) is 5.82 Å². The van der Waals surface area contributed by atoms with Gasteiger partial charge in [-0.3, -0.25) is 0 Å². The van der Waals surface area contributed by atoms with Gasteiger partial charge in [-0.2, -0.15) is 19.5 Å². The first-order valence-electron chi connectivity index (χ1n) is 5.71. The molecule has 2 aromatic heterocycles. The lowest BCUT2D eigenvalue weighted by atomic mass is 10.2. The molecule has 0 aliphatic heterocycles. The molecular formula is C11H9BrN6O2S. The van der Waals surface area contributed by atoms with Gasteiger partial charge >= 0.3 is 0 Å². The molecule has 0 spiro atoms. The van der Waals surface area contributed by atoms with E-state index in [1.165, 1.54) is 4.52 Å². The van der Waals surface area contributed by atoms with Crippen molar-refractivity contribution in [3.05, 3.63) is 28.7 Å². The summed E-state index contributed by atoms with van der Waals surface area (Å²) in [4.78, 5) is 11.8. The number of halogens is 1. The molecule has 0 unspecified atom stereocenters. The zero-order valence-corrected chi connectivity index (χ0v) is 13.1. The summed E-state index contributed by atoms with van der Waals surface area (Å²) in [6.07, 6.45) is 1.00. The molecule has 10 heteroatoms. The minimum atomic E-state index is -3.57. The molecule has 0 amide bonds. The molecule has 0 atom stereocenters. The van der Waals surface area contributed by atoms with Crippen molar-refractivity contribution in [3.8, 4) is 11.4 Å². The Hall–Kier alpha value is -2.07. The van der Waals surface area contributed by atoms with Gasteiger partial charge in [0.1, 0.15) is 0 Å². The third kappa shape index (κ3) is 2.59. The third-order valence-corrected chi connectivity index (χ3v) is 4.02. The maximum atomic E-state index is 11.5. The van der Waals surface area contributed by atoms with Gasteiger partial charge in [-0.15, -0.1) is 5.10 Å². The van der Waals surface area contributed by atoms with Crippen LogP contribution in [-0.4, -0.2) is 39.2 Å². The predicted molar refractivity (Wildman–Crippen MR) is 79.2 cm³/mol. The molecule has 3 rings (SSSR count). The summed E-state index contributed by atoms with van der Waals surface area (Å²) in [5.41, 5.74) is 6.46. The van der Waals surface area contributed by atoms with Crippen molar-refractivity contribution < 1.29 is 8.42 Å². The molecule has 8 nitrogen and oxygen atoms in total. The van der Waals surface area contributed by atoms with E-state index in [9.17, 15) is 8.42 Å². The summed E-state index contributed by atoms with van der Waals surface area (Å²) in [6, 6.07) is 7.33. The topological polar surface area (TPSA) is 116 Å².